The zero-order chi connectivity index (χ0) is 14.3. The molecule has 19 heavy (non-hydrogen) atoms. The molecule has 5 heteroatoms. The summed E-state index contributed by atoms with van der Waals surface area (Å²) in [5.41, 5.74) is 6.35. The van der Waals surface area contributed by atoms with Crippen LogP contribution in [0.3, 0.4) is 0 Å². The first-order valence-electron chi connectivity index (χ1n) is 6.87. The van der Waals surface area contributed by atoms with Crippen molar-refractivity contribution in [2.24, 2.45) is 0 Å². The van der Waals surface area contributed by atoms with Crippen molar-refractivity contribution in [3.05, 3.63) is 23.9 Å². The zero-order valence-electron chi connectivity index (χ0n) is 12.1. The van der Waals surface area contributed by atoms with E-state index in [2.05, 4.69) is 18.9 Å². The van der Waals surface area contributed by atoms with Crippen molar-refractivity contribution in [2.45, 2.75) is 40.2 Å². The average Bonchev–Trinajstić information content (AvgIpc) is 2.76. The van der Waals surface area contributed by atoms with Crippen LogP contribution >= 0.6 is 0 Å². The van der Waals surface area contributed by atoms with Crippen LogP contribution in [0, 0.1) is 0 Å². The Bertz CT molecular complexity index is 431. The van der Waals surface area contributed by atoms with Crippen LogP contribution in [0.4, 0.5) is 5.82 Å². The van der Waals surface area contributed by atoms with Gasteiger partial charge >= 0.3 is 0 Å². The Morgan fingerprint density at radius 3 is 2.58 bits per heavy atom. The molecule has 1 rings (SSSR count). The Balaban J connectivity index is 2.87. The van der Waals surface area contributed by atoms with Gasteiger partial charge in [0.15, 0.2) is 5.82 Å². The van der Waals surface area contributed by atoms with Gasteiger partial charge in [0.1, 0.15) is 5.56 Å². The quantitative estimate of drug-likeness (QED) is 0.769. The summed E-state index contributed by atoms with van der Waals surface area (Å²) >= 11 is 0. The first-order valence-corrected chi connectivity index (χ1v) is 6.87. The Kier molecular flexibility index (Phi) is 6.12. The van der Waals surface area contributed by atoms with Gasteiger partial charge in [0, 0.05) is 19.3 Å². The predicted molar refractivity (Wildman–Crippen MR) is 77.9 cm³/mol. The summed E-state index contributed by atoms with van der Waals surface area (Å²) in [7, 11) is 0. The molecule has 0 aromatic carbocycles. The van der Waals surface area contributed by atoms with E-state index in [-0.39, 0.29) is 5.91 Å². The molecule has 106 valence electrons. The number of nitrogens with zero attached hydrogens (tertiary/aromatic N) is 3. The number of anilines is 1. The van der Waals surface area contributed by atoms with E-state index in [0.717, 1.165) is 25.9 Å². The zero-order valence-corrected chi connectivity index (χ0v) is 12.1. The van der Waals surface area contributed by atoms with Crippen LogP contribution < -0.4 is 5.73 Å². The van der Waals surface area contributed by atoms with Crippen molar-refractivity contribution in [1.29, 1.82) is 0 Å². The molecule has 0 saturated carbocycles. The Morgan fingerprint density at radius 1 is 1.42 bits per heavy atom. The Morgan fingerprint density at radius 2 is 2.05 bits per heavy atom. The van der Waals surface area contributed by atoms with E-state index in [1.54, 1.807) is 10.9 Å². The fraction of sp³-hybridized carbons (Fsp3) is 0.571. The number of nitrogen functional groups attached to an aromatic ring is 1. The van der Waals surface area contributed by atoms with Crippen molar-refractivity contribution in [3.8, 4) is 0 Å². The number of aromatic nitrogens is 2. The molecule has 5 nitrogen and oxygen atoms in total. The number of carbonyl (C=O) groups is 1. The molecule has 0 bridgehead atoms. The van der Waals surface area contributed by atoms with E-state index >= 15 is 0 Å². The number of rotatable bonds is 7. The van der Waals surface area contributed by atoms with Gasteiger partial charge < -0.3 is 10.6 Å². The van der Waals surface area contributed by atoms with Crippen LogP contribution in [0.2, 0.25) is 0 Å². The first-order chi connectivity index (χ1) is 9.13. The van der Waals surface area contributed by atoms with E-state index in [1.165, 1.54) is 0 Å². The van der Waals surface area contributed by atoms with Crippen LogP contribution in [-0.4, -0.2) is 33.7 Å². The molecule has 0 aliphatic carbocycles. The van der Waals surface area contributed by atoms with Crippen molar-refractivity contribution >= 4 is 11.7 Å². The maximum absolute atomic E-state index is 12.4. The van der Waals surface area contributed by atoms with Crippen LogP contribution in [-0.2, 0) is 6.54 Å². The van der Waals surface area contributed by atoms with Crippen LogP contribution in [0.5, 0.6) is 0 Å². The molecule has 0 fully saturated rings. The van der Waals surface area contributed by atoms with Crippen molar-refractivity contribution in [1.82, 2.24) is 14.7 Å². The van der Waals surface area contributed by atoms with Crippen molar-refractivity contribution in [2.75, 3.05) is 18.8 Å². The van der Waals surface area contributed by atoms with Gasteiger partial charge in [-0.25, -0.2) is 0 Å². The van der Waals surface area contributed by atoms with Crippen LogP contribution in [0.1, 0.15) is 44.0 Å². The van der Waals surface area contributed by atoms with Gasteiger partial charge in [0.25, 0.3) is 5.91 Å². The number of hydrogen-bond acceptors (Lipinski definition) is 3. The lowest BCUT2D eigenvalue weighted by atomic mass is 10.2. The highest BCUT2D eigenvalue weighted by Gasteiger charge is 2.19. The summed E-state index contributed by atoms with van der Waals surface area (Å²) in [6, 6.07) is 0. The highest BCUT2D eigenvalue weighted by molar-refractivity contribution is 5.98. The van der Waals surface area contributed by atoms with Gasteiger partial charge in [-0.05, 0) is 19.8 Å². The monoisotopic (exact) mass is 264 g/mol. The Hall–Kier alpha value is -1.78. The normalized spacial score (nSPS) is 11.1. The molecule has 0 aliphatic rings. The van der Waals surface area contributed by atoms with E-state index in [4.69, 9.17) is 5.73 Å². The summed E-state index contributed by atoms with van der Waals surface area (Å²) in [5.74, 6) is 0.291. The van der Waals surface area contributed by atoms with Gasteiger partial charge in [0.05, 0.1) is 6.54 Å². The third-order valence-corrected chi connectivity index (χ3v) is 2.82. The molecule has 0 atom stereocenters. The van der Waals surface area contributed by atoms with Gasteiger partial charge in [-0.3, -0.25) is 9.48 Å². The van der Waals surface area contributed by atoms with E-state index in [9.17, 15) is 4.79 Å². The molecule has 1 amide bonds. The number of amides is 1. The highest BCUT2D eigenvalue weighted by Crippen LogP contribution is 2.13. The number of allylic oxidation sites excluding steroid dienone is 2. The number of carbonyl (C=O) groups excluding carboxylic acids is 1. The molecule has 2 N–H and O–H groups in total. The second-order valence-corrected chi connectivity index (χ2v) is 4.51. The molecule has 0 spiro atoms. The Labute approximate surface area is 115 Å². The number of nitrogens with two attached hydrogens (primary N) is 1. The van der Waals surface area contributed by atoms with Crippen LogP contribution in [0.15, 0.2) is 18.3 Å². The fourth-order valence-corrected chi connectivity index (χ4v) is 1.93. The lowest BCUT2D eigenvalue weighted by Gasteiger charge is -2.20. The molecule has 0 unspecified atom stereocenters. The average molecular weight is 264 g/mol. The van der Waals surface area contributed by atoms with Gasteiger partial charge in [0.2, 0.25) is 0 Å². The SMILES string of the molecule is CC=CCn1cc(C(=O)N(CCC)CCC)c(N)n1. The minimum absolute atomic E-state index is 0.0204. The van der Waals surface area contributed by atoms with Crippen LogP contribution in [0.25, 0.3) is 0 Å². The van der Waals surface area contributed by atoms with Crippen molar-refractivity contribution in [3.63, 3.8) is 0 Å². The predicted octanol–water partition coefficient (Wildman–Crippen LogP) is 2.30. The third-order valence-electron chi connectivity index (χ3n) is 2.82. The van der Waals surface area contributed by atoms with Crippen molar-refractivity contribution < 1.29 is 4.79 Å². The molecule has 1 heterocycles. The molecule has 0 saturated heterocycles. The molecule has 0 radical (unpaired) electrons. The topological polar surface area (TPSA) is 64.2 Å². The third kappa shape index (κ3) is 4.12. The van der Waals surface area contributed by atoms with Gasteiger partial charge in [-0.1, -0.05) is 26.0 Å². The molecular weight excluding hydrogens is 240 g/mol. The maximum atomic E-state index is 12.4. The van der Waals surface area contributed by atoms with E-state index in [0.29, 0.717) is 17.9 Å². The summed E-state index contributed by atoms with van der Waals surface area (Å²) in [4.78, 5) is 14.2. The lowest BCUT2D eigenvalue weighted by Crippen LogP contribution is -2.32. The maximum Gasteiger partial charge on any atom is 0.259 e. The summed E-state index contributed by atoms with van der Waals surface area (Å²) in [6.45, 7) is 8.22. The van der Waals surface area contributed by atoms with E-state index < -0.39 is 0 Å². The van der Waals surface area contributed by atoms with E-state index in [1.807, 2.05) is 24.0 Å². The number of hydrogen-bond donors (Lipinski definition) is 1. The second-order valence-electron chi connectivity index (χ2n) is 4.51. The summed E-state index contributed by atoms with van der Waals surface area (Å²) in [6.07, 6.45) is 7.53. The minimum atomic E-state index is -0.0204. The summed E-state index contributed by atoms with van der Waals surface area (Å²) in [5, 5.41) is 4.17. The second kappa shape index (κ2) is 7.61. The molecule has 0 aliphatic heterocycles. The standard InChI is InChI=1S/C14H24N4O/c1-4-7-10-18-11-12(13(15)16-18)14(19)17(8-5-2)9-6-3/h4,7,11H,5-6,8-10H2,1-3H3,(H2,15,16). The molecule has 1 aromatic rings. The lowest BCUT2D eigenvalue weighted by molar-refractivity contribution is 0.0756. The summed E-state index contributed by atoms with van der Waals surface area (Å²) < 4.78 is 1.69. The highest BCUT2D eigenvalue weighted by atomic mass is 16.2. The van der Waals surface area contributed by atoms with Gasteiger partial charge in [-0.2, -0.15) is 5.10 Å². The first kappa shape index (κ1) is 15.3. The largest absolute Gasteiger partial charge is 0.382 e. The minimum Gasteiger partial charge on any atom is -0.382 e. The van der Waals surface area contributed by atoms with Gasteiger partial charge in [-0.15, -0.1) is 0 Å². The smallest absolute Gasteiger partial charge is 0.259 e. The molecular formula is C14H24N4O. The fourth-order valence-electron chi connectivity index (χ4n) is 1.93. The molecule has 1 aromatic heterocycles.